The number of alkyl halides is 3. The van der Waals surface area contributed by atoms with Crippen molar-refractivity contribution >= 4 is 15.7 Å². The quantitative estimate of drug-likeness (QED) is 0.311. The van der Waals surface area contributed by atoms with Crippen molar-refractivity contribution in [3.05, 3.63) is 82.7 Å². The van der Waals surface area contributed by atoms with E-state index >= 15 is 0 Å². The van der Waals surface area contributed by atoms with E-state index < -0.39 is 26.5 Å². The Kier molecular flexibility index (Phi) is 8.61. The van der Waals surface area contributed by atoms with Crippen molar-refractivity contribution in [3.8, 4) is 0 Å². The Labute approximate surface area is 239 Å². The van der Waals surface area contributed by atoms with E-state index in [1.807, 2.05) is 6.07 Å². The second-order valence-corrected chi connectivity index (χ2v) is 13.2. The molecule has 41 heavy (non-hydrogen) atoms. The smallest absolute Gasteiger partial charge is 0.354 e. The van der Waals surface area contributed by atoms with Gasteiger partial charge >= 0.3 is 6.18 Å². The number of hydrogen-bond acceptors (Lipinski definition) is 4. The van der Waals surface area contributed by atoms with Gasteiger partial charge in [-0.15, -0.1) is 0 Å². The number of nitrogens with one attached hydrogen (secondary N) is 3. The average molecular weight is 588 g/mol. The first-order chi connectivity index (χ1) is 19.6. The number of rotatable bonds is 5. The summed E-state index contributed by atoms with van der Waals surface area (Å²) in [5.74, 6) is -0.259. The summed E-state index contributed by atoms with van der Waals surface area (Å²) in [5, 5.41) is 6.46. The Hall–Kier alpha value is -3.11. The van der Waals surface area contributed by atoms with E-state index in [9.17, 15) is 26.4 Å². The summed E-state index contributed by atoms with van der Waals surface area (Å²) >= 11 is 0. The third kappa shape index (κ3) is 6.38. The first kappa shape index (κ1) is 29.4. The predicted octanol–water partition coefficient (Wildman–Crippen LogP) is 6.66. The highest BCUT2D eigenvalue weighted by molar-refractivity contribution is 7.91. The van der Waals surface area contributed by atoms with Crippen LogP contribution in [0.15, 0.2) is 64.4 Å². The van der Waals surface area contributed by atoms with Gasteiger partial charge in [-0.2, -0.15) is 13.2 Å². The van der Waals surface area contributed by atoms with Gasteiger partial charge in [0.2, 0.25) is 9.84 Å². The van der Waals surface area contributed by atoms with Crippen molar-refractivity contribution in [2.24, 2.45) is 0 Å². The zero-order valence-electron chi connectivity index (χ0n) is 22.9. The summed E-state index contributed by atoms with van der Waals surface area (Å²) in [5.41, 5.74) is 2.24. The second-order valence-electron chi connectivity index (χ2n) is 11.3. The number of H-pyrrole nitrogens is 1. The Balaban J connectivity index is 1.28. The molecule has 0 unspecified atom stereocenters. The highest BCUT2D eigenvalue weighted by Crippen LogP contribution is 2.40. The lowest BCUT2D eigenvalue weighted by molar-refractivity contribution is -0.139. The number of fused-ring (bicyclic) bond motifs is 2. The van der Waals surface area contributed by atoms with Crippen LogP contribution in [0.2, 0.25) is 0 Å². The molecule has 1 saturated carbocycles. The summed E-state index contributed by atoms with van der Waals surface area (Å²) in [6, 6.07) is 11.6. The molecule has 220 valence electrons. The number of carbonyl (C=O) groups is 1. The molecule has 0 atom stereocenters. The van der Waals surface area contributed by atoms with Crippen molar-refractivity contribution in [1.82, 2.24) is 15.6 Å². The maximum absolute atomic E-state index is 13.4. The number of amides is 1. The third-order valence-corrected chi connectivity index (χ3v) is 10.3. The van der Waals surface area contributed by atoms with Gasteiger partial charge in [-0.05, 0) is 54.3 Å². The maximum Gasteiger partial charge on any atom is 0.417 e. The third-order valence-electron chi connectivity index (χ3n) is 8.43. The zero-order valence-corrected chi connectivity index (χ0v) is 23.8. The molecule has 5 rings (SSSR count). The number of carbonyl (C=O) groups excluding carboxylic acids is 1. The van der Waals surface area contributed by atoms with Gasteiger partial charge in [0.25, 0.3) is 5.91 Å². The molecule has 1 aromatic heterocycles. The summed E-state index contributed by atoms with van der Waals surface area (Å²) in [7, 11) is -4.39. The van der Waals surface area contributed by atoms with Crippen LogP contribution in [0.4, 0.5) is 13.2 Å². The first-order valence-corrected chi connectivity index (χ1v) is 15.8. The molecule has 1 amide bonds. The standard InChI is InChI=1S/C31H36F3N3O3S/c32-31(33,34)25-10-6-7-11-27(25)41(39,40)24-14-12-22(13-15-24)19-36-29(38)26-18-23-20-35-21-30(28(23)37-26)16-8-4-2-1-3-5-9-17-30/h6-7,10-15,18,35,37H,1-5,8-9,16-17,19-21H2,(H,36,38). The molecule has 3 N–H and O–H groups in total. The lowest BCUT2D eigenvalue weighted by atomic mass is 9.72. The van der Waals surface area contributed by atoms with E-state index in [0.29, 0.717) is 17.8 Å². The fourth-order valence-corrected chi connectivity index (χ4v) is 7.73. The monoisotopic (exact) mass is 587 g/mol. The molecule has 1 aliphatic heterocycles. The van der Waals surface area contributed by atoms with Gasteiger partial charge in [-0.1, -0.05) is 69.2 Å². The predicted molar refractivity (Wildman–Crippen MR) is 150 cm³/mol. The van der Waals surface area contributed by atoms with Crippen molar-refractivity contribution in [2.75, 3.05) is 6.54 Å². The van der Waals surface area contributed by atoms with Crippen LogP contribution >= 0.6 is 0 Å². The average Bonchev–Trinajstić information content (AvgIpc) is 3.41. The Bertz CT molecular complexity index is 1470. The van der Waals surface area contributed by atoms with Crippen LogP contribution in [0, 0.1) is 0 Å². The number of halogens is 3. The fourth-order valence-electron chi connectivity index (χ4n) is 6.25. The largest absolute Gasteiger partial charge is 0.417 e. The molecule has 0 bridgehead atoms. The van der Waals surface area contributed by atoms with Crippen molar-refractivity contribution in [2.45, 2.75) is 92.3 Å². The lowest BCUT2D eigenvalue weighted by Gasteiger charge is -2.38. The molecule has 2 aliphatic rings. The molecule has 1 aliphatic carbocycles. The van der Waals surface area contributed by atoms with E-state index in [2.05, 4.69) is 15.6 Å². The maximum atomic E-state index is 13.4. The second kappa shape index (κ2) is 12.0. The normalized spacial score (nSPS) is 18.0. The minimum Gasteiger partial charge on any atom is -0.354 e. The molecule has 10 heteroatoms. The van der Waals surface area contributed by atoms with Gasteiger partial charge in [0.1, 0.15) is 5.69 Å². The van der Waals surface area contributed by atoms with Crippen molar-refractivity contribution < 1.29 is 26.4 Å². The van der Waals surface area contributed by atoms with Gasteiger partial charge < -0.3 is 15.6 Å². The van der Waals surface area contributed by atoms with Crippen LogP contribution in [0.5, 0.6) is 0 Å². The molecule has 2 aromatic carbocycles. The van der Waals surface area contributed by atoms with Gasteiger partial charge in [0, 0.05) is 30.7 Å². The van der Waals surface area contributed by atoms with Crippen molar-refractivity contribution in [3.63, 3.8) is 0 Å². The Morgan fingerprint density at radius 2 is 1.54 bits per heavy atom. The number of hydrogen-bond donors (Lipinski definition) is 3. The zero-order chi connectivity index (χ0) is 29.1. The van der Waals surface area contributed by atoms with E-state index in [1.54, 1.807) is 0 Å². The Morgan fingerprint density at radius 3 is 2.20 bits per heavy atom. The minimum absolute atomic E-state index is 0.00943. The number of benzene rings is 2. The van der Waals surface area contributed by atoms with Gasteiger partial charge in [-0.3, -0.25) is 4.79 Å². The van der Waals surface area contributed by atoms with Crippen LogP contribution in [-0.4, -0.2) is 25.9 Å². The molecular formula is C31H36F3N3O3S. The summed E-state index contributed by atoms with van der Waals surface area (Å²) in [6.45, 7) is 1.77. The van der Waals surface area contributed by atoms with Crippen LogP contribution in [0.3, 0.4) is 0 Å². The van der Waals surface area contributed by atoms with Gasteiger partial charge in [0.05, 0.1) is 15.4 Å². The number of aromatic nitrogens is 1. The van der Waals surface area contributed by atoms with Crippen molar-refractivity contribution in [1.29, 1.82) is 0 Å². The minimum atomic E-state index is -4.80. The topological polar surface area (TPSA) is 91.1 Å². The highest BCUT2D eigenvalue weighted by Gasteiger charge is 2.39. The van der Waals surface area contributed by atoms with E-state index in [1.165, 1.54) is 81.0 Å². The Morgan fingerprint density at radius 1 is 0.902 bits per heavy atom. The first-order valence-electron chi connectivity index (χ1n) is 14.3. The summed E-state index contributed by atoms with van der Waals surface area (Å²) in [6.07, 6.45) is 6.09. The molecule has 1 fully saturated rings. The van der Waals surface area contributed by atoms with Crippen LogP contribution in [-0.2, 0) is 34.5 Å². The summed E-state index contributed by atoms with van der Waals surface area (Å²) < 4.78 is 66.2. The molecule has 0 radical (unpaired) electrons. The van der Waals surface area contributed by atoms with E-state index in [4.69, 9.17) is 0 Å². The highest BCUT2D eigenvalue weighted by atomic mass is 32.2. The van der Waals surface area contributed by atoms with E-state index in [-0.39, 0.29) is 22.8 Å². The molecule has 3 aromatic rings. The molecule has 1 spiro atoms. The number of aromatic amines is 1. The molecular weight excluding hydrogens is 551 g/mol. The van der Waals surface area contributed by atoms with Gasteiger partial charge in [0.15, 0.2) is 0 Å². The van der Waals surface area contributed by atoms with E-state index in [0.717, 1.165) is 43.1 Å². The van der Waals surface area contributed by atoms with Crippen LogP contribution < -0.4 is 10.6 Å². The molecule has 2 heterocycles. The SMILES string of the molecule is O=C(NCc1ccc(S(=O)(=O)c2ccccc2C(F)(F)F)cc1)c1cc2c([nH]1)C1(CCCCCCCCC1)CNC2. The molecule has 0 saturated heterocycles. The van der Waals surface area contributed by atoms with Crippen LogP contribution in [0.25, 0.3) is 0 Å². The lowest BCUT2D eigenvalue weighted by Crippen LogP contribution is -2.43. The van der Waals surface area contributed by atoms with Crippen LogP contribution in [0.1, 0.15) is 90.7 Å². The number of sulfone groups is 1. The van der Waals surface area contributed by atoms with Gasteiger partial charge in [-0.25, -0.2) is 8.42 Å². The summed E-state index contributed by atoms with van der Waals surface area (Å²) in [4.78, 5) is 15.5. The molecule has 6 nitrogen and oxygen atoms in total. The fraction of sp³-hybridized carbons (Fsp3) is 0.452.